The van der Waals surface area contributed by atoms with Crippen LogP contribution >= 0.6 is 0 Å². The van der Waals surface area contributed by atoms with Crippen LogP contribution in [0.25, 0.3) is 0 Å². The summed E-state index contributed by atoms with van der Waals surface area (Å²) in [7, 11) is 0. The Morgan fingerprint density at radius 1 is 0.926 bits per heavy atom. The molecule has 2 aliphatic heterocycles. The van der Waals surface area contributed by atoms with Crippen molar-refractivity contribution in [2.24, 2.45) is 4.99 Å². The second-order valence-electron chi connectivity index (χ2n) is 7.09. The molecular formula is C23H19N3O. The highest BCUT2D eigenvalue weighted by atomic mass is 16.2. The molecule has 0 saturated carbocycles. The van der Waals surface area contributed by atoms with Crippen molar-refractivity contribution in [3.05, 3.63) is 100 Å². The predicted octanol–water partition coefficient (Wildman–Crippen LogP) is 3.52. The Balaban J connectivity index is 1.46. The lowest BCUT2D eigenvalue weighted by atomic mass is 9.91. The summed E-state index contributed by atoms with van der Waals surface area (Å²) in [6.07, 6.45) is 4.07. The number of benzene rings is 2. The largest absolute Gasteiger partial charge is 0.334 e. The number of rotatable bonds is 3. The van der Waals surface area contributed by atoms with E-state index in [1.165, 1.54) is 16.7 Å². The summed E-state index contributed by atoms with van der Waals surface area (Å²) < 4.78 is 0. The van der Waals surface area contributed by atoms with E-state index < -0.39 is 0 Å². The molecular weight excluding hydrogens is 334 g/mol. The van der Waals surface area contributed by atoms with Gasteiger partial charge in [0.05, 0.1) is 18.7 Å². The average molecular weight is 353 g/mol. The Hall–Kier alpha value is -3.27. The maximum Gasteiger partial charge on any atom is 0.227 e. The SMILES string of the molecule is O=C1Cc2cc3c(cc2CN1Cc1ccccc1)C(c1ccncc1)=NC3. The van der Waals surface area contributed by atoms with E-state index in [-0.39, 0.29) is 5.91 Å². The molecule has 0 unspecified atom stereocenters. The molecule has 0 saturated heterocycles. The van der Waals surface area contributed by atoms with Crippen LogP contribution in [-0.4, -0.2) is 21.5 Å². The van der Waals surface area contributed by atoms with E-state index >= 15 is 0 Å². The van der Waals surface area contributed by atoms with Gasteiger partial charge in [0.1, 0.15) is 0 Å². The van der Waals surface area contributed by atoms with Gasteiger partial charge in [-0.3, -0.25) is 14.8 Å². The number of carbonyl (C=O) groups is 1. The van der Waals surface area contributed by atoms with Gasteiger partial charge in [-0.25, -0.2) is 0 Å². The third-order valence-electron chi connectivity index (χ3n) is 5.31. The number of aliphatic imine (C=N–C) groups is 1. The summed E-state index contributed by atoms with van der Waals surface area (Å²) in [5.41, 5.74) is 8.06. The van der Waals surface area contributed by atoms with Gasteiger partial charge in [0, 0.05) is 36.6 Å². The second kappa shape index (κ2) is 6.47. The average Bonchev–Trinajstić information content (AvgIpc) is 3.11. The van der Waals surface area contributed by atoms with Gasteiger partial charge in [-0.1, -0.05) is 36.4 Å². The Kier molecular flexibility index (Phi) is 3.82. The summed E-state index contributed by atoms with van der Waals surface area (Å²) in [5, 5.41) is 0. The van der Waals surface area contributed by atoms with Crippen LogP contribution in [0, 0.1) is 0 Å². The first kappa shape index (κ1) is 15.9. The number of amides is 1. The van der Waals surface area contributed by atoms with Crippen LogP contribution in [0.5, 0.6) is 0 Å². The molecule has 1 amide bonds. The van der Waals surface area contributed by atoms with E-state index in [1.807, 2.05) is 35.2 Å². The molecule has 1 aromatic heterocycles. The topological polar surface area (TPSA) is 45.6 Å². The zero-order chi connectivity index (χ0) is 18.2. The normalized spacial score (nSPS) is 15.3. The summed E-state index contributed by atoms with van der Waals surface area (Å²) in [4.78, 5) is 23.4. The van der Waals surface area contributed by atoms with E-state index in [0.29, 0.717) is 26.1 Å². The third-order valence-corrected chi connectivity index (χ3v) is 5.31. The van der Waals surface area contributed by atoms with Crippen molar-refractivity contribution in [3.8, 4) is 0 Å². The van der Waals surface area contributed by atoms with E-state index in [1.54, 1.807) is 12.4 Å². The number of carbonyl (C=O) groups excluding carboxylic acids is 1. The van der Waals surface area contributed by atoms with Crippen LogP contribution < -0.4 is 0 Å². The first-order chi connectivity index (χ1) is 13.3. The number of hydrogen-bond donors (Lipinski definition) is 0. The van der Waals surface area contributed by atoms with Gasteiger partial charge in [0.15, 0.2) is 0 Å². The first-order valence-electron chi connectivity index (χ1n) is 9.19. The van der Waals surface area contributed by atoms with Crippen LogP contribution in [0.4, 0.5) is 0 Å². The molecule has 0 fully saturated rings. The van der Waals surface area contributed by atoms with E-state index in [0.717, 1.165) is 22.4 Å². The highest BCUT2D eigenvalue weighted by molar-refractivity contribution is 6.15. The van der Waals surface area contributed by atoms with Crippen molar-refractivity contribution in [3.63, 3.8) is 0 Å². The summed E-state index contributed by atoms with van der Waals surface area (Å²) in [6.45, 7) is 1.99. The molecule has 3 heterocycles. The van der Waals surface area contributed by atoms with Gasteiger partial charge < -0.3 is 4.90 Å². The van der Waals surface area contributed by atoms with Crippen molar-refractivity contribution in [2.45, 2.75) is 26.1 Å². The van der Waals surface area contributed by atoms with Gasteiger partial charge >= 0.3 is 0 Å². The molecule has 0 bridgehead atoms. The summed E-state index contributed by atoms with van der Waals surface area (Å²) in [6, 6.07) is 18.6. The quantitative estimate of drug-likeness (QED) is 0.723. The molecule has 0 aliphatic carbocycles. The molecule has 0 radical (unpaired) electrons. The molecule has 0 N–H and O–H groups in total. The monoisotopic (exact) mass is 353 g/mol. The second-order valence-corrected chi connectivity index (χ2v) is 7.09. The van der Waals surface area contributed by atoms with Crippen LogP contribution in [0.15, 0.2) is 72.0 Å². The van der Waals surface area contributed by atoms with Crippen LogP contribution in [0.1, 0.15) is 33.4 Å². The standard InChI is InChI=1S/C23H19N3O/c27-22-12-18-10-19-13-25-23(17-6-8-24-9-7-17)21(19)11-20(18)15-26(22)14-16-4-2-1-3-5-16/h1-11H,12-15H2. The minimum Gasteiger partial charge on any atom is -0.334 e. The third kappa shape index (κ3) is 2.93. The van der Waals surface area contributed by atoms with E-state index in [9.17, 15) is 4.79 Å². The lowest BCUT2D eigenvalue weighted by Crippen LogP contribution is -2.35. The highest BCUT2D eigenvalue weighted by Gasteiger charge is 2.27. The first-order valence-corrected chi connectivity index (χ1v) is 9.19. The highest BCUT2D eigenvalue weighted by Crippen LogP contribution is 2.30. The Labute approximate surface area is 158 Å². The van der Waals surface area contributed by atoms with Crippen LogP contribution in [-0.2, 0) is 30.8 Å². The lowest BCUT2D eigenvalue weighted by Gasteiger charge is -2.29. The minimum absolute atomic E-state index is 0.194. The van der Waals surface area contributed by atoms with Gasteiger partial charge in [0.25, 0.3) is 0 Å². The predicted molar refractivity (Wildman–Crippen MR) is 104 cm³/mol. The van der Waals surface area contributed by atoms with Crippen LogP contribution in [0.3, 0.4) is 0 Å². The number of fused-ring (bicyclic) bond motifs is 2. The van der Waals surface area contributed by atoms with Crippen molar-refractivity contribution < 1.29 is 4.79 Å². The Morgan fingerprint density at radius 2 is 1.74 bits per heavy atom. The smallest absolute Gasteiger partial charge is 0.227 e. The zero-order valence-corrected chi connectivity index (χ0v) is 14.9. The molecule has 27 heavy (non-hydrogen) atoms. The molecule has 132 valence electrons. The molecule has 4 heteroatoms. The van der Waals surface area contributed by atoms with Gasteiger partial charge in [-0.15, -0.1) is 0 Å². The van der Waals surface area contributed by atoms with E-state index in [4.69, 9.17) is 4.99 Å². The molecule has 0 spiro atoms. The Morgan fingerprint density at radius 3 is 2.56 bits per heavy atom. The van der Waals surface area contributed by atoms with Crippen LogP contribution in [0.2, 0.25) is 0 Å². The minimum atomic E-state index is 0.194. The molecule has 4 nitrogen and oxygen atoms in total. The molecule has 2 aromatic carbocycles. The fraction of sp³-hybridized carbons (Fsp3) is 0.174. The molecule has 5 rings (SSSR count). The van der Waals surface area contributed by atoms with Crippen molar-refractivity contribution in [1.82, 2.24) is 9.88 Å². The van der Waals surface area contributed by atoms with Gasteiger partial charge in [-0.2, -0.15) is 0 Å². The number of nitrogens with zero attached hydrogens (tertiary/aromatic N) is 3. The van der Waals surface area contributed by atoms with Crippen molar-refractivity contribution in [1.29, 1.82) is 0 Å². The maximum absolute atomic E-state index is 12.6. The van der Waals surface area contributed by atoms with Crippen molar-refractivity contribution in [2.75, 3.05) is 0 Å². The summed E-state index contributed by atoms with van der Waals surface area (Å²) in [5.74, 6) is 0.194. The van der Waals surface area contributed by atoms with Crippen molar-refractivity contribution >= 4 is 11.6 Å². The summed E-state index contributed by atoms with van der Waals surface area (Å²) >= 11 is 0. The molecule has 3 aromatic rings. The number of pyridine rings is 1. The fourth-order valence-corrected chi connectivity index (χ4v) is 3.93. The fourth-order valence-electron chi connectivity index (χ4n) is 3.93. The molecule has 2 aliphatic rings. The van der Waals surface area contributed by atoms with Gasteiger partial charge in [0.2, 0.25) is 5.91 Å². The van der Waals surface area contributed by atoms with E-state index in [2.05, 4.69) is 29.2 Å². The number of aromatic nitrogens is 1. The maximum atomic E-state index is 12.6. The molecule has 0 atom stereocenters. The lowest BCUT2D eigenvalue weighted by molar-refractivity contribution is -0.132. The Bertz CT molecular complexity index is 1040. The zero-order valence-electron chi connectivity index (χ0n) is 14.9. The number of hydrogen-bond acceptors (Lipinski definition) is 3. The van der Waals surface area contributed by atoms with Gasteiger partial charge in [-0.05, 0) is 40.5 Å².